The van der Waals surface area contributed by atoms with Crippen molar-refractivity contribution in [1.82, 2.24) is 19.7 Å². The van der Waals surface area contributed by atoms with E-state index in [1.54, 1.807) is 32.9 Å². The molecule has 0 aliphatic rings. The third-order valence-electron chi connectivity index (χ3n) is 3.03. The van der Waals surface area contributed by atoms with Gasteiger partial charge < -0.3 is 9.47 Å². The fourth-order valence-electron chi connectivity index (χ4n) is 1.88. The summed E-state index contributed by atoms with van der Waals surface area (Å²) in [6, 6.07) is 4.01. The van der Waals surface area contributed by atoms with Crippen LogP contribution in [0.5, 0.6) is 0 Å². The van der Waals surface area contributed by atoms with Crippen LogP contribution in [0.25, 0.3) is 0 Å². The lowest BCUT2D eigenvalue weighted by Crippen LogP contribution is -2.36. The van der Waals surface area contributed by atoms with Crippen LogP contribution in [0.15, 0.2) is 22.7 Å². The molecule has 1 atom stereocenters. The number of nitrogens with zero attached hydrogens (tertiary/aromatic N) is 5. The summed E-state index contributed by atoms with van der Waals surface area (Å²) in [5.74, 6) is 0. The molecule has 0 saturated carbocycles. The lowest BCUT2D eigenvalue weighted by molar-refractivity contribution is 0.225. The lowest BCUT2D eigenvalue weighted by atomic mass is 10.3. The zero-order valence-electron chi connectivity index (χ0n) is 12.8. The quantitative estimate of drug-likeness (QED) is 0.641. The number of amides is 2. The second kappa shape index (κ2) is 6.48. The molecule has 6 nitrogen and oxygen atoms in total. The zero-order chi connectivity index (χ0) is 15.6. The van der Waals surface area contributed by atoms with Gasteiger partial charge in [-0.25, -0.2) is 4.79 Å². The summed E-state index contributed by atoms with van der Waals surface area (Å²) in [6.45, 7) is 2.13. The number of carbonyl (C=O) groups excluding carboxylic acids is 1. The van der Waals surface area contributed by atoms with Gasteiger partial charge in [0, 0.05) is 45.3 Å². The summed E-state index contributed by atoms with van der Waals surface area (Å²) >= 11 is 3.07. The molecule has 0 radical (unpaired) electrons. The maximum atomic E-state index is 11.9. The standard InChI is InChI=1S/C13H19N5OS2/c1-9(10-7-6-8-17(10)4)20-12-15-14-11(21-12)18(5)13(19)16(2)3/h6-9H,1-5H3. The summed E-state index contributed by atoms with van der Waals surface area (Å²) < 4.78 is 2.96. The summed E-state index contributed by atoms with van der Waals surface area (Å²) in [5, 5.41) is 9.15. The Morgan fingerprint density at radius 1 is 1.38 bits per heavy atom. The minimum atomic E-state index is -0.113. The molecule has 0 saturated heterocycles. The number of aryl methyl sites for hydroxylation is 1. The fraction of sp³-hybridized carbons (Fsp3) is 0.462. The molecule has 0 N–H and O–H groups in total. The van der Waals surface area contributed by atoms with Crippen molar-refractivity contribution in [3.8, 4) is 0 Å². The molecule has 21 heavy (non-hydrogen) atoms. The monoisotopic (exact) mass is 325 g/mol. The average Bonchev–Trinajstić information content (AvgIpc) is 3.05. The first-order valence-electron chi connectivity index (χ1n) is 6.46. The van der Waals surface area contributed by atoms with Gasteiger partial charge in [0.1, 0.15) is 0 Å². The third kappa shape index (κ3) is 3.56. The summed E-state index contributed by atoms with van der Waals surface area (Å²) in [5.41, 5.74) is 1.23. The topological polar surface area (TPSA) is 54.3 Å². The van der Waals surface area contributed by atoms with Crippen molar-refractivity contribution in [1.29, 1.82) is 0 Å². The van der Waals surface area contributed by atoms with E-state index in [1.807, 2.05) is 19.3 Å². The van der Waals surface area contributed by atoms with Gasteiger partial charge in [-0.05, 0) is 19.1 Å². The Morgan fingerprint density at radius 2 is 2.10 bits per heavy atom. The largest absolute Gasteiger partial charge is 0.353 e. The molecule has 0 aliphatic carbocycles. The number of hydrogen-bond donors (Lipinski definition) is 0. The van der Waals surface area contributed by atoms with Crippen molar-refractivity contribution in [3.63, 3.8) is 0 Å². The van der Waals surface area contributed by atoms with Gasteiger partial charge >= 0.3 is 6.03 Å². The molecule has 0 bridgehead atoms. The van der Waals surface area contributed by atoms with Crippen LogP contribution in [0.2, 0.25) is 0 Å². The van der Waals surface area contributed by atoms with Crippen LogP contribution in [0.4, 0.5) is 9.93 Å². The molecule has 1 unspecified atom stereocenters. The van der Waals surface area contributed by atoms with E-state index in [0.717, 1.165) is 4.34 Å². The highest BCUT2D eigenvalue weighted by Gasteiger charge is 2.19. The molecule has 114 valence electrons. The molecule has 2 rings (SSSR count). The highest BCUT2D eigenvalue weighted by molar-refractivity contribution is 8.01. The van der Waals surface area contributed by atoms with E-state index in [0.29, 0.717) is 5.13 Å². The van der Waals surface area contributed by atoms with E-state index < -0.39 is 0 Å². The van der Waals surface area contributed by atoms with E-state index in [1.165, 1.54) is 26.8 Å². The van der Waals surface area contributed by atoms with Gasteiger partial charge in [0.05, 0.1) is 0 Å². The van der Waals surface area contributed by atoms with Crippen LogP contribution in [0, 0.1) is 0 Å². The molecule has 0 spiro atoms. The minimum Gasteiger partial charge on any atom is -0.353 e. The normalized spacial score (nSPS) is 12.2. The number of urea groups is 1. The summed E-state index contributed by atoms with van der Waals surface area (Å²) in [6.07, 6.45) is 2.03. The summed E-state index contributed by atoms with van der Waals surface area (Å²) in [7, 11) is 7.17. The van der Waals surface area contributed by atoms with Crippen molar-refractivity contribution in [2.45, 2.75) is 16.5 Å². The molecule has 0 aromatic carbocycles. The summed E-state index contributed by atoms with van der Waals surface area (Å²) in [4.78, 5) is 14.9. The van der Waals surface area contributed by atoms with Crippen molar-refractivity contribution in [2.24, 2.45) is 7.05 Å². The number of rotatable bonds is 4. The van der Waals surface area contributed by atoms with Crippen LogP contribution in [0.1, 0.15) is 17.9 Å². The van der Waals surface area contributed by atoms with Gasteiger partial charge in [-0.1, -0.05) is 23.1 Å². The highest BCUT2D eigenvalue weighted by Crippen LogP contribution is 2.37. The van der Waals surface area contributed by atoms with Crippen molar-refractivity contribution < 1.29 is 4.79 Å². The molecule has 2 aromatic rings. The van der Waals surface area contributed by atoms with Crippen LogP contribution >= 0.6 is 23.1 Å². The van der Waals surface area contributed by atoms with E-state index >= 15 is 0 Å². The van der Waals surface area contributed by atoms with E-state index in [4.69, 9.17) is 0 Å². The Balaban J connectivity index is 2.07. The predicted octanol–water partition coefficient (Wildman–Crippen LogP) is 2.85. The number of anilines is 1. The van der Waals surface area contributed by atoms with Gasteiger partial charge in [-0.15, -0.1) is 10.2 Å². The number of thioether (sulfide) groups is 1. The van der Waals surface area contributed by atoms with Crippen LogP contribution in [0.3, 0.4) is 0 Å². The first-order valence-corrected chi connectivity index (χ1v) is 8.16. The van der Waals surface area contributed by atoms with E-state index in [2.05, 4.69) is 27.8 Å². The van der Waals surface area contributed by atoms with Gasteiger partial charge in [0.25, 0.3) is 0 Å². The van der Waals surface area contributed by atoms with Crippen molar-refractivity contribution >= 4 is 34.3 Å². The first kappa shape index (κ1) is 15.8. The fourth-order valence-corrected chi connectivity index (χ4v) is 4.02. The zero-order valence-corrected chi connectivity index (χ0v) is 14.4. The molecule has 2 amide bonds. The molecule has 2 heterocycles. The number of carbonyl (C=O) groups is 1. The molecular formula is C13H19N5OS2. The SMILES string of the molecule is CC(Sc1nnc(N(C)C(=O)N(C)C)s1)c1cccn1C. The molecule has 0 aliphatic heterocycles. The van der Waals surface area contributed by atoms with Crippen LogP contribution in [-0.2, 0) is 7.05 Å². The molecule has 8 heteroatoms. The lowest BCUT2D eigenvalue weighted by Gasteiger charge is -2.18. The van der Waals surface area contributed by atoms with E-state index in [-0.39, 0.29) is 11.3 Å². The van der Waals surface area contributed by atoms with Crippen LogP contribution in [-0.4, -0.2) is 46.8 Å². The maximum Gasteiger partial charge on any atom is 0.325 e. The number of aromatic nitrogens is 3. The highest BCUT2D eigenvalue weighted by atomic mass is 32.2. The maximum absolute atomic E-state index is 11.9. The van der Waals surface area contributed by atoms with Gasteiger partial charge in [0.2, 0.25) is 5.13 Å². The number of hydrogen-bond acceptors (Lipinski definition) is 5. The Morgan fingerprint density at radius 3 is 2.67 bits per heavy atom. The van der Waals surface area contributed by atoms with E-state index in [9.17, 15) is 4.79 Å². The molecular weight excluding hydrogens is 306 g/mol. The van der Waals surface area contributed by atoms with Crippen molar-refractivity contribution in [3.05, 3.63) is 24.0 Å². The van der Waals surface area contributed by atoms with Crippen LogP contribution < -0.4 is 4.90 Å². The average molecular weight is 325 g/mol. The Hall–Kier alpha value is -1.54. The van der Waals surface area contributed by atoms with Gasteiger partial charge in [-0.3, -0.25) is 4.90 Å². The third-order valence-corrected chi connectivity index (χ3v) is 5.24. The molecule has 2 aromatic heterocycles. The predicted molar refractivity (Wildman–Crippen MR) is 87.1 cm³/mol. The van der Waals surface area contributed by atoms with Gasteiger partial charge in [0.15, 0.2) is 4.34 Å². The molecule has 0 fully saturated rings. The Labute approximate surface area is 132 Å². The van der Waals surface area contributed by atoms with Crippen molar-refractivity contribution in [2.75, 3.05) is 26.0 Å². The second-order valence-electron chi connectivity index (χ2n) is 4.89. The minimum absolute atomic E-state index is 0.113. The first-order chi connectivity index (χ1) is 9.90. The second-order valence-corrected chi connectivity index (χ2v) is 7.43. The Bertz CT molecular complexity index is 622. The Kier molecular flexibility index (Phi) is 4.89. The van der Waals surface area contributed by atoms with Gasteiger partial charge in [-0.2, -0.15) is 0 Å². The smallest absolute Gasteiger partial charge is 0.325 e.